The van der Waals surface area contributed by atoms with Crippen molar-refractivity contribution in [2.75, 3.05) is 0 Å². The second-order valence-corrected chi connectivity index (χ2v) is 6.28. The van der Waals surface area contributed by atoms with Crippen LogP contribution in [0.1, 0.15) is 22.5 Å². The van der Waals surface area contributed by atoms with Gasteiger partial charge in [0, 0.05) is 0 Å². The van der Waals surface area contributed by atoms with Crippen LogP contribution in [0, 0.1) is 25.2 Å². The van der Waals surface area contributed by atoms with Crippen LogP contribution in [-0.4, -0.2) is 9.97 Å². The standard InChI is InChI=1S/C22H17N3/c1-14-10-20-21(11-15(14)2)25-22(24-20)18(13-23)12-17-8-5-7-16-6-3-4-9-19(16)17/h3-12H,1-2H3,(H,24,25)/b18-12+. The van der Waals surface area contributed by atoms with Crippen LogP contribution in [0.15, 0.2) is 54.6 Å². The third-order valence-electron chi connectivity index (χ3n) is 4.60. The van der Waals surface area contributed by atoms with Crippen LogP contribution in [0.4, 0.5) is 0 Å². The molecule has 25 heavy (non-hydrogen) atoms. The van der Waals surface area contributed by atoms with Gasteiger partial charge in [-0.3, -0.25) is 0 Å². The topological polar surface area (TPSA) is 52.5 Å². The van der Waals surface area contributed by atoms with Crippen LogP contribution < -0.4 is 0 Å². The third-order valence-corrected chi connectivity index (χ3v) is 4.60. The molecule has 0 fully saturated rings. The van der Waals surface area contributed by atoms with E-state index in [1.165, 1.54) is 11.1 Å². The first kappa shape index (κ1) is 15.2. The van der Waals surface area contributed by atoms with Gasteiger partial charge in [0.25, 0.3) is 0 Å². The molecule has 3 heteroatoms. The Morgan fingerprint density at radius 1 is 1.04 bits per heavy atom. The molecule has 0 aliphatic carbocycles. The fourth-order valence-electron chi connectivity index (χ4n) is 3.08. The minimum Gasteiger partial charge on any atom is -0.337 e. The first-order valence-corrected chi connectivity index (χ1v) is 8.22. The second kappa shape index (κ2) is 5.92. The molecule has 1 N–H and O–H groups in total. The number of nitriles is 1. The highest BCUT2D eigenvalue weighted by molar-refractivity contribution is 5.98. The van der Waals surface area contributed by atoms with Crippen molar-refractivity contribution >= 4 is 33.5 Å². The zero-order valence-electron chi connectivity index (χ0n) is 14.2. The molecule has 120 valence electrons. The summed E-state index contributed by atoms with van der Waals surface area (Å²) >= 11 is 0. The van der Waals surface area contributed by atoms with Gasteiger partial charge in [-0.05, 0) is 59.5 Å². The molecule has 4 rings (SSSR count). The average molecular weight is 323 g/mol. The molecule has 0 unspecified atom stereocenters. The third kappa shape index (κ3) is 2.68. The molecule has 4 aromatic rings. The van der Waals surface area contributed by atoms with Gasteiger partial charge in [-0.25, -0.2) is 4.98 Å². The molecule has 0 amide bonds. The monoisotopic (exact) mass is 323 g/mol. The Bertz CT molecular complexity index is 1130. The summed E-state index contributed by atoms with van der Waals surface area (Å²) in [6, 6.07) is 20.7. The number of nitrogens with zero attached hydrogens (tertiary/aromatic N) is 2. The Morgan fingerprint density at radius 3 is 2.64 bits per heavy atom. The average Bonchev–Trinajstić information content (AvgIpc) is 3.02. The van der Waals surface area contributed by atoms with Gasteiger partial charge in [-0.2, -0.15) is 5.26 Å². The van der Waals surface area contributed by atoms with E-state index in [2.05, 4.69) is 60.2 Å². The van der Waals surface area contributed by atoms with Gasteiger partial charge in [-0.15, -0.1) is 0 Å². The van der Waals surface area contributed by atoms with Crippen LogP contribution in [0.5, 0.6) is 0 Å². The van der Waals surface area contributed by atoms with E-state index in [1.54, 1.807) is 0 Å². The van der Waals surface area contributed by atoms with Crippen LogP contribution >= 0.6 is 0 Å². The number of imidazole rings is 1. The number of H-pyrrole nitrogens is 1. The first-order valence-electron chi connectivity index (χ1n) is 8.22. The molecule has 0 saturated heterocycles. The Morgan fingerprint density at radius 2 is 1.80 bits per heavy atom. The zero-order valence-corrected chi connectivity index (χ0v) is 14.2. The minimum absolute atomic E-state index is 0.530. The highest BCUT2D eigenvalue weighted by Gasteiger charge is 2.10. The summed E-state index contributed by atoms with van der Waals surface area (Å²) in [7, 11) is 0. The van der Waals surface area contributed by atoms with Crippen LogP contribution in [0.3, 0.4) is 0 Å². The molecule has 0 radical (unpaired) electrons. The number of aromatic amines is 1. The van der Waals surface area contributed by atoms with Gasteiger partial charge in [-0.1, -0.05) is 42.5 Å². The number of aryl methyl sites for hydroxylation is 2. The van der Waals surface area contributed by atoms with Crippen molar-refractivity contribution in [2.45, 2.75) is 13.8 Å². The van der Waals surface area contributed by atoms with E-state index in [0.29, 0.717) is 11.4 Å². The molecule has 0 saturated carbocycles. The minimum atomic E-state index is 0.530. The smallest absolute Gasteiger partial charge is 0.149 e. The maximum Gasteiger partial charge on any atom is 0.149 e. The van der Waals surface area contributed by atoms with Crippen LogP contribution in [0.25, 0.3) is 33.5 Å². The van der Waals surface area contributed by atoms with Crippen molar-refractivity contribution in [2.24, 2.45) is 0 Å². The van der Waals surface area contributed by atoms with E-state index in [4.69, 9.17) is 0 Å². The van der Waals surface area contributed by atoms with Gasteiger partial charge in [0.1, 0.15) is 11.9 Å². The van der Waals surface area contributed by atoms with Gasteiger partial charge >= 0.3 is 0 Å². The highest BCUT2D eigenvalue weighted by atomic mass is 14.9. The number of benzene rings is 3. The fraction of sp³-hybridized carbons (Fsp3) is 0.0909. The molecule has 1 heterocycles. The molecular formula is C22H17N3. The fourth-order valence-corrected chi connectivity index (χ4v) is 3.08. The molecular weight excluding hydrogens is 306 g/mol. The predicted molar refractivity (Wildman–Crippen MR) is 103 cm³/mol. The summed E-state index contributed by atoms with van der Waals surface area (Å²) in [5.74, 6) is 0.607. The predicted octanol–water partition coefficient (Wildman–Crippen LogP) is 5.40. The lowest BCUT2D eigenvalue weighted by Gasteiger charge is -2.02. The van der Waals surface area contributed by atoms with E-state index in [0.717, 1.165) is 27.4 Å². The normalized spacial score (nSPS) is 11.8. The summed E-state index contributed by atoms with van der Waals surface area (Å²) in [5.41, 5.74) is 5.79. The lowest BCUT2D eigenvalue weighted by molar-refractivity contribution is 1.27. The number of allylic oxidation sites excluding steroid dienone is 1. The molecule has 0 bridgehead atoms. The summed E-state index contributed by atoms with van der Waals surface area (Å²) in [5, 5.41) is 12.0. The van der Waals surface area contributed by atoms with Crippen molar-refractivity contribution in [1.82, 2.24) is 9.97 Å². The van der Waals surface area contributed by atoms with E-state index < -0.39 is 0 Å². The van der Waals surface area contributed by atoms with Gasteiger partial charge in [0.05, 0.1) is 16.6 Å². The van der Waals surface area contributed by atoms with Crippen LogP contribution in [-0.2, 0) is 0 Å². The second-order valence-electron chi connectivity index (χ2n) is 6.28. The molecule has 3 nitrogen and oxygen atoms in total. The lowest BCUT2D eigenvalue weighted by Crippen LogP contribution is -1.86. The lowest BCUT2D eigenvalue weighted by atomic mass is 10.0. The number of aromatic nitrogens is 2. The van der Waals surface area contributed by atoms with Gasteiger partial charge in [0.15, 0.2) is 0 Å². The number of hydrogen-bond acceptors (Lipinski definition) is 2. The van der Waals surface area contributed by atoms with E-state index >= 15 is 0 Å². The van der Waals surface area contributed by atoms with Crippen molar-refractivity contribution in [1.29, 1.82) is 5.26 Å². The Balaban J connectivity index is 1.87. The Labute approximate surface area is 146 Å². The van der Waals surface area contributed by atoms with E-state index in [1.807, 2.05) is 30.3 Å². The molecule has 0 aliphatic rings. The zero-order chi connectivity index (χ0) is 17.4. The van der Waals surface area contributed by atoms with E-state index in [-0.39, 0.29) is 0 Å². The van der Waals surface area contributed by atoms with Gasteiger partial charge in [0.2, 0.25) is 0 Å². The Kier molecular flexibility index (Phi) is 3.59. The molecule has 0 aliphatic heterocycles. The summed E-state index contributed by atoms with van der Waals surface area (Å²) in [6.45, 7) is 4.15. The van der Waals surface area contributed by atoms with Crippen molar-refractivity contribution in [3.63, 3.8) is 0 Å². The van der Waals surface area contributed by atoms with Gasteiger partial charge < -0.3 is 4.98 Å². The maximum absolute atomic E-state index is 9.67. The largest absolute Gasteiger partial charge is 0.337 e. The summed E-state index contributed by atoms with van der Waals surface area (Å²) in [6.07, 6.45) is 1.90. The van der Waals surface area contributed by atoms with Crippen molar-refractivity contribution in [3.8, 4) is 6.07 Å². The maximum atomic E-state index is 9.67. The number of nitrogens with one attached hydrogen (secondary N) is 1. The first-order chi connectivity index (χ1) is 12.2. The van der Waals surface area contributed by atoms with E-state index in [9.17, 15) is 5.26 Å². The molecule has 3 aromatic carbocycles. The summed E-state index contributed by atoms with van der Waals surface area (Å²) in [4.78, 5) is 7.90. The molecule has 0 atom stereocenters. The van der Waals surface area contributed by atoms with Crippen LogP contribution in [0.2, 0.25) is 0 Å². The molecule has 0 spiro atoms. The number of rotatable bonds is 2. The molecule has 1 aromatic heterocycles. The SMILES string of the molecule is Cc1cc2nc(/C(C#N)=C/c3cccc4ccccc34)[nH]c2cc1C. The number of fused-ring (bicyclic) bond motifs is 2. The van der Waals surface area contributed by atoms with Crippen molar-refractivity contribution < 1.29 is 0 Å². The van der Waals surface area contributed by atoms with Crippen molar-refractivity contribution in [3.05, 3.63) is 77.1 Å². The Hall–Kier alpha value is -3.38. The highest BCUT2D eigenvalue weighted by Crippen LogP contribution is 2.25. The quantitative estimate of drug-likeness (QED) is 0.502. The summed E-state index contributed by atoms with van der Waals surface area (Å²) < 4.78 is 0. The number of hydrogen-bond donors (Lipinski definition) is 1.